The van der Waals surface area contributed by atoms with Gasteiger partial charge in [-0.25, -0.2) is 4.79 Å². The summed E-state index contributed by atoms with van der Waals surface area (Å²) in [6.07, 6.45) is 1.44. The first kappa shape index (κ1) is 21.5. The molecule has 1 rings (SSSR count). The van der Waals surface area contributed by atoms with Crippen LogP contribution in [0.5, 0.6) is 0 Å². The highest BCUT2D eigenvalue weighted by atomic mass is 16.5. The van der Waals surface area contributed by atoms with Crippen LogP contribution in [0, 0.1) is 5.92 Å². The first-order valence-corrected chi connectivity index (χ1v) is 8.92. The normalized spacial score (nSPS) is 12.9. The molecule has 3 amide bonds. The largest absolute Gasteiger partial charge is 0.445 e. The lowest BCUT2D eigenvalue weighted by Gasteiger charge is -2.24. The van der Waals surface area contributed by atoms with E-state index in [1.165, 1.54) is 0 Å². The summed E-state index contributed by atoms with van der Waals surface area (Å²) >= 11 is 0. The number of unbranched alkanes of at least 4 members (excludes halogenated alkanes) is 1. The first-order chi connectivity index (χ1) is 12.3. The van der Waals surface area contributed by atoms with E-state index in [-0.39, 0.29) is 12.5 Å². The summed E-state index contributed by atoms with van der Waals surface area (Å²) in [5.41, 5.74) is 6.20. The summed E-state index contributed by atoms with van der Waals surface area (Å²) in [5.74, 6) is -1.21. The fraction of sp³-hybridized carbons (Fsp3) is 0.526. The molecule has 1 aromatic rings. The number of benzene rings is 1. The van der Waals surface area contributed by atoms with Gasteiger partial charge in [-0.05, 0) is 17.9 Å². The molecule has 0 aliphatic carbocycles. The maximum absolute atomic E-state index is 12.5. The SMILES string of the molecule is CCCC[C@@H](NC(=O)[C@@H](NC(=O)OCc1ccccc1)C(C)C)C(N)=O. The van der Waals surface area contributed by atoms with Crippen LogP contribution in [0.2, 0.25) is 0 Å². The summed E-state index contributed by atoms with van der Waals surface area (Å²) < 4.78 is 5.15. The molecule has 7 nitrogen and oxygen atoms in total. The molecule has 26 heavy (non-hydrogen) atoms. The average molecular weight is 363 g/mol. The number of carbonyl (C=O) groups is 3. The van der Waals surface area contributed by atoms with E-state index in [4.69, 9.17) is 10.5 Å². The van der Waals surface area contributed by atoms with Crippen LogP contribution in [0.15, 0.2) is 30.3 Å². The summed E-state index contributed by atoms with van der Waals surface area (Å²) in [6, 6.07) is 7.68. The van der Waals surface area contributed by atoms with Crippen molar-refractivity contribution in [1.29, 1.82) is 0 Å². The smallest absolute Gasteiger partial charge is 0.408 e. The Morgan fingerprint density at radius 1 is 1.12 bits per heavy atom. The monoisotopic (exact) mass is 363 g/mol. The van der Waals surface area contributed by atoms with E-state index in [1.54, 1.807) is 13.8 Å². The second kappa shape index (κ2) is 11.1. The maximum atomic E-state index is 12.5. The van der Waals surface area contributed by atoms with E-state index < -0.39 is 30.0 Å². The molecule has 0 bridgehead atoms. The lowest BCUT2D eigenvalue weighted by molar-refractivity contribution is -0.129. The Labute approximate surface area is 154 Å². The van der Waals surface area contributed by atoms with Crippen LogP contribution < -0.4 is 16.4 Å². The molecule has 0 radical (unpaired) electrons. The maximum Gasteiger partial charge on any atom is 0.408 e. The molecule has 0 heterocycles. The molecule has 144 valence electrons. The van der Waals surface area contributed by atoms with Gasteiger partial charge in [-0.3, -0.25) is 9.59 Å². The quantitative estimate of drug-likeness (QED) is 0.591. The fourth-order valence-corrected chi connectivity index (χ4v) is 2.38. The number of alkyl carbamates (subject to hydrolysis) is 1. The number of nitrogens with two attached hydrogens (primary N) is 1. The van der Waals surface area contributed by atoms with Gasteiger partial charge in [0.15, 0.2) is 0 Å². The van der Waals surface area contributed by atoms with Crippen LogP contribution in [0.1, 0.15) is 45.6 Å². The Bertz CT molecular complexity index is 590. The van der Waals surface area contributed by atoms with Crippen molar-refractivity contribution in [2.75, 3.05) is 0 Å². The van der Waals surface area contributed by atoms with Crippen molar-refractivity contribution in [3.63, 3.8) is 0 Å². The van der Waals surface area contributed by atoms with E-state index in [1.807, 2.05) is 37.3 Å². The molecule has 0 aliphatic rings. The van der Waals surface area contributed by atoms with Gasteiger partial charge in [0.2, 0.25) is 11.8 Å². The van der Waals surface area contributed by atoms with Crippen molar-refractivity contribution < 1.29 is 19.1 Å². The van der Waals surface area contributed by atoms with Gasteiger partial charge in [0.1, 0.15) is 18.7 Å². The summed E-state index contributed by atoms with van der Waals surface area (Å²) in [4.78, 5) is 36.0. The topological polar surface area (TPSA) is 111 Å². The second-order valence-corrected chi connectivity index (χ2v) is 6.53. The zero-order valence-corrected chi connectivity index (χ0v) is 15.7. The van der Waals surface area contributed by atoms with Crippen LogP contribution >= 0.6 is 0 Å². The molecule has 0 spiro atoms. The Hall–Kier alpha value is -2.57. The summed E-state index contributed by atoms with van der Waals surface area (Å²) in [7, 11) is 0. The minimum absolute atomic E-state index is 0.111. The number of rotatable bonds is 10. The molecule has 0 fully saturated rings. The fourth-order valence-electron chi connectivity index (χ4n) is 2.38. The molecule has 0 aromatic heterocycles. The van der Waals surface area contributed by atoms with Crippen LogP contribution in [-0.2, 0) is 20.9 Å². The molecule has 0 saturated carbocycles. The van der Waals surface area contributed by atoms with Crippen LogP contribution in [0.4, 0.5) is 4.79 Å². The van der Waals surface area contributed by atoms with E-state index >= 15 is 0 Å². The Balaban J connectivity index is 2.61. The van der Waals surface area contributed by atoms with E-state index in [9.17, 15) is 14.4 Å². The van der Waals surface area contributed by atoms with Gasteiger partial charge >= 0.3 is 6.09 Å². The van der Waals surface area contributed by atoms with Crippen LogP contribution in [0.25, 0.3) is 0 Å². The van der Waals surface area contributed by atoms with E-state index in [0.717, 1.165) is 18.4 Å². The lowest BCUT2D eigenvalue weighted by atomic mass is 10.0. The number of primary amides is 1. The number of hydrogen-bond acceptors (Lipinski definition) is 4. The number of ether oxygens (including phenoxy) is 1. The summed E-state index contributed by atoms with van der Waals surface area (Å²) in [6.45, 7) is 5.70. The molecule has 0 unspecified atom stereocenters. The summed E-state index contributed by atoms with van der Waals surface area (Å²) in [5, 5.41) is 5.19. The minimum Gasteiger partial charge on any atom is -0.445 e. The van der Waals surface area contributed by atoms with Crippen molar-refractivity contribution >= 4 is 17.9 Å². The number of amides is 3. The van der Waals surface area contributed by atoms with Crippen molar-refractivity contribution in [3.8, 4) is 0 Å². The minimum atomic E-state index is -0.818. The van der Waals surface area contributed by atoms with Gasteiger partial charge in [0.25, 0.3) is 0 Å². The highest BCUT2D eigenvalue weighted by molar-refractivity contribution is 5.90. The molecule has 2 atom stereocenters. The number of nitrogens with one attached hydrogen (secondary N) is 2. The van der Waals surface area contributed by atoms with Crippen LogP contribution in [0.3, 0.4) is 0 Å². The molecule has 7 heteroatoms. The zero-order chi connectivity index (χ0) is 19.5. The predicted molar refractivity (Wildman–Crippen MR) is 99.0 cm³/mol. The van der Waals surface area contributed by atoms with Crippen LogP contribution in [-0.4, -0.2) is 30.0 Å². The molecule has 0 aliphatic heterocycles. The van der Waals surface area contributed by atoms with Gasteiger partial charge in [0, 0.05) is 0 Å². The highest BCUT2D eigenvalue weighted by Gasteiger charge is 2.28. The van der Waals surface area contributed by atoms with Gasteiger partial charge in [-0.2, -0.15) is 0 Å². The van der Waals surface area contributed by atoms with Crippen molar-refractivity contribution in [1.82, 2.24) is 10.6 Å². The van der Waals surface area contributed by atoms with Crippen molar-refractivity contribution in [2.24, 2.45) is 11.7 Å². The van der Waals surface area contributed by atoms with Gasteiger partial charge < -0.3 is 21.1 Å². The predicted octanol–water partition coefficient (Wildman–Crippen LogP) is 2.10. The molecule has 0 saturated heterocycles. The molecule has 4 N–H and O–H groups in total. The van der Waals surface area contributed by atoms with E-state index in [0.29, 0.717) is 6.42 Å². The standard InChI is InChI=1S/C19H29N3O4/c1-4-5-11-15(17(20)23)21-18(24)16(13(2)3)22-19(25)26-12-14-9-7-6-8-10-14/h6-10,13,15-16H,4-5,11-12H2,1-3H3,(H2,20,23)(H,21,24)(H,22,25)/t15-,16+/m1/s1. The lowest BCUT2D eigenvalue weighted by Crippen LogP contribution is -2.54. The highest BCUT2D eigenvalue weighted by Crippen LogP contribution is 2.07. The third kappa shape index (κ3) is 7.55. The van der Waals surface area contributed by atoms with E-state index in [2.05, 4.69) is 10.6 Å². The Morgan fingerprint density at radius 3 is 2.31 bits per heavy atom. The van der Waals surface area contributed by atoms with Gasteiger partial charge in [0.05, 0.1) is 0 Å². The first-order valence-electron chi connectivity index (χ1n) is 8.92. The average Bonchev–Trinajstić information content (AvgIpc) is 2.61. The molecule has 1 aromatic carbocycles. The Kier molecular flexibility index (Phi) is 9.19. The molecular formula is C19H29N3O4. The Morgan fingerprint density at radius 2 is 1.77 bits per heavy atom. The molecular weight excluding hydrogens is 334 g/mol. The number of carbonyl (C=O) groups excluding carboxylic acids is 3. The number of hydrogen-bond donors (Lipinski definition) is 3. The second-order valence-electron chi connectivity index (χ2n) is 6.53. The van der Waals surface area contributed by atoms with Gasteiger partial charge in [-0.15, -0.1) is 0 Å². The van der Waals surface area contributed by atoms with Crippen molar-refractivity contribution in [2.45, 2.75) is 58.7 Å². The zero-order valence-electron chi connectivity index (χ0n) is 15.7. The third-order valence-electron chi connectivity index (χ3n) is 3.94. The third-order valence-corrected chi connectivity index (χ3v) is 3.94. The van der Waals surface area contributed by atoms with Gasteiger partial charge in [-0.1, -0.05) is 63.9 Å². The van der Waals surface area contributed by atoms with Crippen molar-refractivity contribution in [3.05, 3.63) is 35.9 Å².